The Morgan fingerprint density at radius 1 is 0.864 bits per heavy atom. The van der Waals surface area contributed by atoms with Crippen molar-refractivity contribution in [2.75, 3.05) is 7.11 Å². The van der Waals surface area contributed by atoms with Crippen LogP contribution in [-0.2, 0) is 23.6 Å². The van der Waals surface area contributed by atoms with Crippen molar-refractivity contribution in [2.24, 2.45) is 4.99 Å². The summed E-state index contributed by atoms with van der Waals surface area (Å²) in [4.78, 5) is 4.37. The summed E-state index contributed by atoms with van der Waals surface area (Å²) in [5.74, 6) is 2.03. The number of hydrogen-bond acceptors (Lipinski definition) is 2. The Bertz CT molecular complexity index is 398. The van der Waals surface area contributed by atoms with Crippen molar-refractivity contribution in [1.82, 2.24) is 0 Å². The molecule has 22 heavy (non-hydrogen) atoms. The van der Waals surface area contributed by atoms with Gasteiger partial charge in [-0.05, 0) is 75.5 Å². The van der Waals surface area contributed by atoms with Gasteiger partial charge in [-0.2, -0.15) is 0 Å². The summed E-state index contributed by atoms with van der Waals surface area (Å²) in [5, 5.41) is 0. The molecule has 2 aliphatic carbocycles. The van der Waals surface area contributed by atoms with Gasteiger partial charge in [-0.15, -0.1) is 0 Å². The van der Waals surface area contributed by atoms with Crippen molar-refractivity contribution in [3.8, 4) is 5.75 Å². The first kappa shape index (κ1) is 19.3. The fraction of sp³-hybridized carbons (Fsp3) is 0.105. The van der Waals surface area contributed by atoms with E-state index >= 15 is 0 Å². The third-order valence-electron chi connectivity index (χ3n) is 2.92. The van der Waals surface area contributed by atoms with Gasteiger partial charge in [0.05, 0.1) is 13.7 Å². The maximum absolute atomic E-state index is 5.09. The van der Waals surface area contributed by atoms with Gasteiger partial charge < -0.3 is 4.74 Å². The van der Waals surface area contributed by atoms with Crippen LogP contribution in [0, 0.1) is 63.7 Å². The molecular weight excluding hydrogens is 314 g/mol. The van der Waals surface area contributed by atoms with Crippen LogP contribution in [0.15, 0.2) is 29.3 Å². The molecule has 1 aromatic carbocycles. The van der Waals surface area contributed by atoms with Crippen LogP contribution in [0.1, 0.15) is 5.56 Å². The Kier molecular flexibility index (Phi) is 10.3. The van der Waals surface area contributed by atoms with E-state index in [0.29, 0.717) is 6.54 Å². The van der Waals surface area contributed by atoms with Gasteiger partial charge in [-0.3, -0.25) is 4.99 Å². The van der Waals surface area contributed by atoms with Crippen LogP contribution in [0.3, 0.4) is 0 Å². The quantitative estimate of drug-likeness (QED) is 0.608. The number of benzene rings is 1. The van der Waals surface area contributed by atoms with Crippen molar-refractivity contribution in [1.29, 1.82) is 0 Å². The summed E-state index contributed by atoms with van der Waals surface area (Å²) >= 11 is 0. The number of nitrogens with zero attached hydrogens (tertiary/aromatic N) is 1. The van der Waals surface area contributed by atoms with Gasteiger partial charge in [0.1, 0.15) is 5.75 Å². The predicted octanol–water partition coefficient (Wildman–Crippen LogP) is 3.69. The van der Waals surface area contributed by atoms with Crippen LogP contribution in [0.2, 0.25) is 0 Å². The maximum Gasteiger partial charge on any atom is 2.00 e. The molecule has 2 saturated carbocycles. The van der Waals surface area contributed by atoms with Crippen LogP contribution in [0.25, 0.3) is 0 Å². The maximum atomic E-state index is 5.09. The van der Waals surface area contributed by atoms with Crippen LogP contribution >= 0.6 is 0 Å². The Morgan fingerprint density at radius 2 is 1.41 bits per heavy atom. The van der Waals surface area contributed by atoms with E-state index in [9.17, 15) is 0 Å². The zero-order valence-electron chi connectivity index (χ0n) is 12.5. The summed E-state index contributed by atoms with van der Waals surface area (Å²) < 4.78 is 5.09. The topological polar surface area (TPSA) is 21.6 Å². The van der Waals surface area contributed by atoms with Crippen molar-refractivity contribution in [3.05, 3.63) is 93.5 Å². The Morgan fingerprint density at radius 3 is 1.91 bits per heavy atom. The minimum absolute atomic E-state index is 0. The second kappa shape index (κ2) is 11.7. The van der Waals surface area contributed by atoms with Gasteiger partial charge in [0, 0.05) is 12.1 Å². The Hall–Kier alpha value is -0.791. The summed E-state index contributed by atoms with van der Waals surface area (Å²) in [6.07, 6.45) is 20.0. The first-order valence-electron chi connectivity index (χ1n) is 6.89. The predicted molar refractivity (Wildman–Crippen MR) is 87.1 cm³/mol. The molecule has 10 radical (unpaired) electrons. The molecule has 0 amide bonds. The minimum Gasteiger partial charge on any atom is -0.497 e. The average molecular weight is 333 g/mol. The fourth-order valence-corrected chi connectivity index (χ4v) is 1.78. The molecule has 2 nitrogen and oxygen atoms in total. The number of aliphatic imine (C=N–C) groups is 1. The molecule has 0 N–H and O–H groups in total. The number of ether oxygens (including phenoxy) is 1. The monoisotopic (exact) mass is 333 g/mol. The fourth-order valence-electron chi connectivity index (χ4n) is 1.78. The van der Waals surface area contributed by atoms with E-state index < -0.39 is 0 Å². The molecule has 0 bridgehead atoms. The molecule has 0 aliphatic heterocycles. The molecule has 0 atom stereocenters. The second-order valence-corrected chi connectivity index (χ2v) is 4.50. The molecule has 2 aliphatic rings. The van der Waals surface area contributed by atoms with E-state index in [0.717, 1.165) is 11.7 Å². The molecule has 0 heterocycles. The average Bonchev–Trinajstić information content (AvgIpc) is 3.24. The smallest absolute Gasteiger partial charge is 0.497 e. The Balaban J connectivity index is 0.000000344. The van der Waals surface area contributed by atoms with Gasteiger partial charge in [0.2, 0.25) is 0 Å². The molecule has 3 heteroatoms. The van der Waals surface area contributed by atoms with Crippen LogP contribution < -0.4 is 4.74 Å². The first-order valence-corrected chi connectivity index (χ1v) is 6.89. The van der Waals surface area contributed by atoms with Gasteiger partial charge in [0.15, 0.2) is 0 Å². The molecule has 0 saturated heterocycles. The number of hydrogen-bond donors (Lipinski definition) is 0. The van der Waals surface area contributed by atoms with E-state index in [1.165, 1.54) is 5.56 Å². The van der Waals surface area contributed by atoms with Crippen LogP contribution in [0.5, 0.6) is 5.75 Å². The van der Waals surface area contributed by atoms with E-state index in [-0.39, 0.29) is 17.1 Å². The van der Waals surface area contributed by atoms with Gasteiger partial charge in [-0.25, -0.2) is 0 Å². The molecule has 0 aromatic heterocycles. The molecule has 0 spiro atoms. The molecule has 2 fully saturated rings. The van der Waals surface area contributed by atoms with Gasteiger partial charge >= 0.3 is 17.1 Å². The van der Waals surface area contributed by atoms with E-state index in [1.807, 2.05) is 88.3 Å². The van der Waals surface area contributed by atoms with E-state index in [2.05, 4.69) is 4.99 Å². The zero-order valence-corrected chi connectivity index (χ0v) is 13.6. The van der Waals surface area contributed by atoms with Crippen LogP contribution in [0.4, 0.5) is 0 Å². The SMILES string of the molecule is COc1ccc(CN=C[C]2[CH][CH][CH][CH]2)cc1.[CH]1[CH][CH][CH][CH]1.[Fe+2]. The van der Waals surface area contributed by atoms with E-state index in [4.69, 9.17) is 4.74 Å². The van der Waals surface area contributed by atoms with Crippen molar-refractivity contribution in [3.63, 3.8) is 0 Å². The number of methoxy groups -OCH3 is 1. The van der Waals surface area contributed by atoms with Gasteiger partial charge in [0.25, 0.3) is 0 Å². The summed E-state index contributed by atoms with van der Waals surface area (Å²) in [6, 6.07) is 7.96. The van der Waals surface area contributed by atoms with Crippen LogP contribution in [-0.4, -0.2) is 13.3 Å². The van der Waals surface area contributed by atoms with Gasteiger partial charge in [-0.1, -0.05) is 12.1 Å². The number of rotatable bonds is 4. The third-order valence-corrected chi connectivity index (χ3v) is 2.92. The normalized spacial score (nSPS) is 17.9. The largest absolute Gasteiger partial charge is 2.00 e. The molecule has 112 valence electrons. The van der Waals surface area contributed by atoms with Crippen molar-refractivity contribution in [2.45, 2.75) is 6.54 Å². The third kappa shape index (κ3) is 7.47. The van der Waals surface area contributed by atoms with E-state index in [1.54, 1.807) is 7.11 Å². The van der Waals surface area contributed by atoms with Crippen molar-refractivity contribution < 1.29 is 21.8 Å². The van der Waals surface area contributed by atoms with Crippen molar-refractivity contribution >= 4 is 6.21 Å². The minimum atomic E-state index is 0. The molecular formula is C19H19FeNO+2. The summed E-state index contributed by atoms with van der Waals surface area (Å²) in [5.41, 5.74) is 1.18. The summed E-state index contributed by atoms with van der Waals surface area (Å²) in [6.45, 7) is 0.704. The summed E-state index contributed by atoms with van der Waals surface area (Å²) in [7, 11) is 1.67. The molecule has 0 unspecified atom stereocenters. The second-order valence-electron chi connectivity index (χ2n) is 4.50. The Labute approximate surface area is 146 Å². The molecule has 3 rings (SSSR count). The molecule has 1 aromatic rings. The first-order chi connectivity index (χ1) is 10.4. The standard InChI is InChI=1S/C14H14NO.C5H5.Fe/c1-16-14-8-6-13(7-9-14)11-15-10-12-4-2-3-5-12;1-2-4-5-3-1;/h2-10H,11H2,1H3;1-5H;/q;;+2. The zero-order chi connectivity index (χ0) is 14.8.